The molecule has 1 aromatic carbocycles. The van der Waals surface area contributed by atoms with Crippen LogP contribution in [0.2, 0.25) is 0 Å². The maximum Gasteiger partial charge on any atom is 0.328 e. The largest absolute Gasteiger partial charge is 0.467 e. The number of rotatable bonds is 21. The van der Waals surface area contributed by atoms with E-state index in [9.17, 15) is 24.0 Å². The molecule has 0 aromatic heterocycles. The highest BCUT2D eigenvalue weighted by atomic mass is 16.5. The molecule has 2 rings (SSSR count). The Hall–Kier alpha value is -3.55. The van der Waals surface area contributed by atoms with Crippen molar-refractivity contribution in [1.29, 1.82) is 0 Å². The van der Waals surface area contributed by atoms with Gasteiger partial charge in [0.25, 0.3) is 0 Å². The van der Waals surface area contributed by atoms with Crippen LogP contribution < -0.4 is 16.0 Å². The van der Waals surface area contributed by atoms with Gasteiger partial charge in [0.1, 0.15) is 12.1 Å². The van der Waals surface area contributed by atoms with Gasteiger partial charge in [0.05, 0.1) is 49.8 Å². The molecule has 1 aromatic rings. The molecule has 3 N–H and O–H groups in total. The SMILES string of the molecule is CC[C@H](C)[C@@H]([C@@H](CC(=O)N1CCC[C@H]1[C@H](OC)[C@@H](C)C(=O)N[C@@H](Cc1ccccc1)C(=O)OC)OC)N(C)C(=O)[C@@H](NC(=O)C(NC)C(C)C)C(C)C. The zero-order valence-corrected chi connectivity index (χ0v) is 34.1. The zero-order chi connectivity index (χ0) is 40.0. The number of hydrogen-bond acceptors (Lipinski definition) is 9. The third-order valence-corrected chi connectivity index (χ3v) is 10.8. The molecule has 9 atom stereocenters. The number of amides is 4. The third-order valence-electron chi connectivity index (χ3n) is 10.8. The Morgan fingerprint density at radius 1 is 0.887 bits per heavy atom. The molecule has 0 aliphatic carbocycles. The molecule has 0 spiro atoms. The standard InChI is InChI=1S/C40H67N5O8/c1-13-26(6)35(44(9)39(49)34(25(4)5)43-38(48)33(41-8)24(2)3)31(51-10)23-32(46)45-21-17-20-30(45)36(52-11)27(7)37(47)42-29(40(50)53-12)22-28-18-15-14-16-19-28/h14-16,18-19,24-27,29-31,33-36,41H,13,17,20-23H2,1-12H3,(H,42,47)(H,43,48)/t26-,27+,29-,30-,31+,33?,34-,35-,36+/m0/s1. The van der Waals surface area contributed by atoms with Crippen LogP contribution in [0.25, 0.3) is 0 Å². The first kappa shape index (κ1) is 45.6. The highest BCUT2D eigenvalue weighted by Gasteiger charge is 2.43. The lowest BCUT2D eigenvalue weighted by molar-refractivity contribution is -0.148. The Balaban J connectivity index is 2.27. The van der Waals surface area contributed by atoms with Crippen molar-refractivity contribution in [3.63, 3.8) is 0 Å². The quantitative estimate of drug-likeness (QED) is 0.161. The molecule has 1 aliphatic rings. The summed E-state index contributed by atoms with van der Waals surface area (Å²) in [5, 5.41) is 8.88. The van der Waals surface area contributed by atoms with Crippen molar-refractivity contribution >= 4 is 29.6 Å². The van der Waals surface area contributed by atoms with Crippen molar-refractivity contribution in [2.24, 2.45) is 23.7 Å². The van der Waals surface area contributed by atoms with Crippen LogP contribution in [-0.2, 0) is 44.6 Å². The first-order valence-corrected chi connectivity index (χ1v) is 19.1. The van der Waals surface area contributed by atoms with E-state index in [0.717, 1.165) is 18.4 Å². The Morgan fingerprint density at radius 3 is 2.02 bits per heavy atom. The summed E-state index contributed by atoms with van der Waals surface area (Å²) in [5.41, 5.74) is 0.875. The molecular formula is C40H67N5O8. The summed E-state index contributed by atoms with van der Waals surface area (Å²) in [6.45, 7) is 14.0. The Bertz CT molecular complexity index is 1330. The molecule has 1 aliphatic heterocycles. The fraction of sp³-hybridized carbons (Fsp3) is 0.725. The Morgan fingerprint density at radius 2 is 1.51 bits per heavy atom. The number of carbonyl (C=O) groups excluding carboxylic acids is 5. The molecule has 1 fully saturated rings. The van der Waals surface area contributed by atoms with E-state index in [1.165, 1.54) is 14.2 Å². The van der Waals surface area contributed by atoms with Crippen LogP contribution in [-0.4, -0.2) is 124 Å². The molecule has 0 bridgehead atoms. The molecule has 0 saturated carbocycles. The summed E-state index contributed by atoms with van der Waals surface area (Å²) in [4.78, 5) is 71.2. The average Bonchev–Trinajstić information content (AvgIpc) is 3.62. The molecule has 4 amide bonds. The van der Waals surface area contributed by atoms with Gasteiger partial charge in [0.2, 0.25) is 23.6 Å². The topological polar surface area (TPSA) is 156 Å². The van der Waals surface area contributed by atoms with E-state index in [-0.39, 0.29) is 60.3 Å². The minimum atomic E-state index is -0.889. The van der Waals surface area contributed by atoms with E-state index >= 15 is 0 Å². The van der Waals surface area contributed by atoms with Gasteiger partial charge in [0.15, 0.2) is 0 Å². The predicted molar refractivity (Wildman–Crippen MR) is 205 cm³/mol. The number of nitrogens with one attached hydrogen (secondary N) is 3. The van der Waals surface area contributed by atoms with E-state index in [0.29, 0.717) is 13.0 Å². The van der Waals surface area contributed by atoms with Gasteiger partial charge in [-0.25, -0.2) is 4.79 Å². The first-order chi connectivity index (χ1) is 25.1. The van der Waals surface area contributed by atoms with E-state index in [1.807, 2.05) is 71.9 Å². The number of carbonyl (C=O) groups is 5. The van der Waals surface area contributed by atoms with E-state index < -0.39 is 48.3 Å². The number of likely N-dealkylation sites (N-methyl/N-ethyl adjacent to an activating group) is 2. The summed E-state index contributed by atoms with van der Waals surface area (Å²) in [6, 6.07) is 6.41. The third kappa shape index (κ3) is 12.2. The molecular weight excluding hydrogens is 678 g/mol. The summed E-state index contributed by atoms with van der Waals surface area (Å²) in [7, 11) is 7.81. The number of benzene rings is 1. The van der Waals surface area contributed by atoms with Crippen LogP contribution in [0.1, 0.15) is 79.7 Å². The second-order valence-electron chi connectivity index (χ2n) is 15.1. The first-order valence-electron chi connectivity index (χ1n) is 19.1. The molecule has 0 radical (unpaired) electrons. The summed E-state index contributed by atoms with van der Waals surface area (Å²) < 4.78 is 16.9. The molecule has 1 heterocycles. The van der Waals surface area contributed by atoms with Crippen molar-refractivity contribution in [2.45, 2.75) is 123 Å². The molecule has 13 nitrogen and oxygen atoms in total. The Kier molecular flexibility index (Phi) is 18.9. The fourth-order valence-electron chi connectivity index (χ4n) is 7.54. The smallest absolute Gasteiger partial charge is 0.328 e. The number of nitrogens with zero attached hydrogens (tertiary/aromatic N) is 2. The van der Waals surface area contributed by atoms with Crippen molar-refractivity contribution in [3.05, 3.63) is 35.9 Å². The summed E-state index contributed by atoms with van der Waals surface area (Å²) in [5.74, 6) is -2.47. The second-order valence-corrected chi connectivity index (χ2v) is 15.1. The normalized spacial score (nSPS) is 19.1. The minimum Gasteiger partial charge on any atom is -0.467 e. The van der Waals surface area contributed by atoms with Crippen LogP contribution in [0.3, 0.4) is 0 Å². The van der Waals surface area contributed by atoms with Crippen molar-refractivity contribution in [3.8, 4) is 0 Å². The van der Waals surface area contributed by atoms with Gasteiger partial charge < -0.3 is 40.0 Å². The summed E-state index contributed by atoms with van der Waals surface area (Å²) in [6.07, 6.45) is 1.08. The number of ether oxygens (including phenoxy) is 3. The van der Waals surface area contributed by atoms with Crippen LogP contribution in [0.4, 0.5) is 0 Å². The van der Waals surface area contributed by atoms with E-state index in [1.54, 1.807) is 37.9 Å². The molecule has 300 valence electrons. The van der Waals surface area contributed by atoms with Gasteiger partial charge in [-0.05, 0) is 43.2 Å². The van der Waals surface area contributed by atoms with Crippen molar-refractivity contribution in [1.82, 2.24) is 25.8 Å². The maximum atomic E-state index is 14.2. The molecule has 1 unspecified atom stereocenters. The van der Waals surface area contributed by atoms with Gasteiger partial charge in [-0.3, -0.25) is 19.2 Å². The molecule has 53 heavy (non-hydrogen) atoms. The average molecular weight is 746 g/mol. The second kappa shape index (κ2) is 22.0. The maximum absolute atomic E-state index is 14.2. The fourth-order valence-corrected chi connectivity index (χ4v) is 7.54. The summed E-state index contributed by atoms with van der Waals surface area (Å²) >= 11 is 0. The van der Waals surface area contributed by atoms with Crippen LogP contribution >= 0.6 is 0 Å². The van der Waals surface area contributed by atoms with E-state index in [4.69, 9.17) is 14.2 Å². The highest BCUT2D eigenvalue weighted by Crippen LogP contribution is 2.30. The van der Waals surface area contributed by atoms with Gasteiger partial charge in [0, 0.05) is 34.2 Å². The zero-order valence-electron chi connectivity index (χ0n) is 34.1. The van der Waals surface area contributed by atoms with Crippen LogP contribution in [0.15, 0.2) is 30.3 Å². The van der Waals surface area contributed by atoms with Gasteiger partial charge in [-0.15, -0.1) is 0 Å². The number of hydrogen-bond donors (Lipinski definition) is 3. The van der Waals surface area contributed by atoms with Gasteiger partial charge in [-0.2, -0.15) is 0 Å². The minimum absolute atomic E-state index is 0.00596. The molecule has 1 saturated heterocycles. The number of likely N-dealkylation sites (tertiary alicyclic amines) is 1. The van der Waals surface area contributed by atoms with Gasteiger partial charge in [-0.1, -0.05) is 85.2 Å². The van der Waals surface area contributed by atoms with Crippen LogP contribution in [0, 0.1) is 23.7 Å². The molecule has 13 heteroatoms. The van der Waals surface area contributed by atoms with Crippen molar-refractivity contribution in [2.75, 3.05) is 42.0 Å². The lowest BCUT2D eigenvalue weighted by atomic mass is 9.89. The predicted octanol–water partition coefficient (Wildman–Crippen LogP) is 3.19. The lowest BCUT2D eigenvalue weighted by Gasteiger charge is -2.41. The van der Waals surface area contributed by atoms with Crippen molar-refractivity contribution < 1.29 is 38.2 Å². The Labute approximate surface area is 317 Å². The van der Waals surface area contributed by atoms with Crippen LogP contribution in [0.5, 0.6) is 0 Å². The van der Waals surface area contributed by atoms with Gasteiger partial charge >= 0.3 is 5.97 Å². The number of methoxy groups -OCH3 is 3. The number of esters is 1. The van der Waals surface area contributed by atoms with E-state index in [2.05, 4.69) is 16.0 Å². The lowest BCUT2D eigenvalue weighted by Crippen LogP contribution is -2.59. The highest BCUT2D eigenvalue weighted by molar-refractivity contribution is 5.90. The monoisotopic (exact) mass is 745 g/mol.